The number of allylic oxidation sites excluding steroid dienone is 1. The highest BCUT2D eigenvalue weighted by Crippen LogP contribution is 2.27. The van der Waals surface area contributed by atoms with E-state index in [0.29, 0.717) is 11.8 Å². The largest absolute Gasteiger partial charge is 0.504 e. The number of ether oxygens (including phenoxy) is 1. The lowest BCUT2D eigenvalue weighted by Crippen LogP contribution is -2.28. The van der Waals surface area contributed by atoms with Crippen LogP contribution in [0.15, 0.2) is 24.3 Å². The molecule has 3 N–H and O–H groups in total. The molecule has 1 aromatic carbocycles. The Morgan fingerprint density at radius 2 is 2.05 bits per heavy atom. The second-order valence-electron chi connectivity index (χ2n) is 3.76. The van der Waals surface area contributed by atoms with Crippen LogP contribution in [0, 0.1) is 0 Å². The van der Waals surface area contributed by atoms with Crippen molar-refractivity contribution in [1.29, 1.82) is 0 Å². The van der Waals surface area contributed by atoms with Crippen molar-refractivity contribution >= 4 is 24.3 Å². The summed E-state index contributed by atoms with van der Waals surface area (Å²) in [4.78, 5) is 31.9. The molecule has 7 heteroatoms. The van der Waals surface area contributed by atoms with E-state index >= 15 is 0 Å². The van der Waals surface area contributed by atoms with Gasteiger partial charge in [-0.1, -0.05) is 12.1 Å². The van der Waals surface area contributed by atoms with E-state index in [1.54, 1.807) is 0 Å². The number of aliphatic carboxylic acids is 1. The molecule has 0 fully saturated rings. The van der Waals surface area contributed by atoms with Crippen molar-refractivity contribution in [2.24, 2.45) is 0 Å². The number of carboxylic acid groups (broad SMARTS) is 1. The maximum Gasteiger partial charge on any atom is 0.341 e. The first-order chi connectivity index (χ1) is 9.43. The minimum atomic E-state index is -1.83. The van der Waals surface area contributed by atoms with Gasteiger partial charge in [-0.25, -0.2) is 4.79 Å². The number of hydrogen-bond acceptors (Lipinski definition) is 6. The molecular weight excluding hydrogens is 268 g/mol. The number of rotatable bonds is 6. The number of aromatic hydroxyl groups is 1. The van der Waals surface area contributed by atoms with Crippen LogP contribution in [0.3, 0.4) is 0 Å². The van der Waals surface area contributed by atoms with Gasteiger partial charge >= 0.3 is 11.9 Å². The van der Waals surface area contributed by atoms with Gasteiger partial charge in [0.05, 0.1) is 6.42 Å². The quantitative estimate of drug-likeness (QED) is 0.297. The van der Waals surface area contributed by atoms with Gasteiger partial charge in [0.15, 0.2) is 17.6 Å². The van der Waals surface area contributed by atoms with Crippen LogP contribution in [0.5, 0.6) is 11.5 Å². The Labute approximate surface area is 113 Å². The minimum Gasteiger partial charge on any atom is -0.504 e. The van der Waals surface area contributed by atoms with E-state index in [-0.39, 0.29) is 11.5 Å². The average molecular weight is 280 g/mol. The van der Waals surface area contributed by atoms with Crippen molar-refractivity contribution in [1.82, 2.24) is 0 Å². The molecule has 0 aliphatic rings. The molecule has 0 aliphatic heterocycles. The van der Waals surface area contributed by atoms with E-state index in [9.17, 15) is 24.6 Å². The Morgan fingerprint density at radius 1 is 1.35 bits per heavy atom. The lowest BCUT2D eigenvalue weighted by Gasteiger charge is -2.10. The molecule has 0 amide bonds. The number of carbonyl (C=O) groups excluding carboxylic acids is 2. The van der Waals surface area contributed by atoms with E-state index in [1.807, 2.05) is 0 Å². The van der Waals surface area contributed by atoms with Crippen molar-refractivity contribution in [2.45, 2.75) is 12.5 Å². The van der Waals surface area contributed by atoms with Crippen LogP contribution >= 0.6 is 0 Å². The fraction of sp³-hybridized carbons (Fsp3) is 0.154. The monoisotopic (exact) mass is 280 g/mol. The van der Waals surface area contributed by atoms with Gasteiger partial charge in [0.1, 0.15) is 6.29 Å². The number of aldehydes is 1. The van der Waals surface area contributed by atoms with Crippen LogP contribution in [0.1, 0.15) is 12.0 Å². The highest BCUT2D eigenvalue weighted by atomic mass is 16.6. The summed E-state index contributed by atoms with van der Waals surface area (Å²) in [5.41, 5.74) is 0.477. The summed E-state index contributed by atoms with van der Waals surface area (Å²) in [6.07, 6.45) is 0.537. The van der Waals surface area contributed by atoms with Gasteiger partial charge in [0, 0.05) is 0 Å². The predicted octanol–water partition coefficient (Wildman–Crippen LogP) is 0.345. The van der Waals surface area contributed by atoms with Gasteiger partial charge in [-0.05, 0) is 23.8 Å². The van der Waals surface area contributed by atoms with Crippen LogP contribution in [0.4, 0.5) is 0 Å². The zero-order valence-corrected chi connectivity index (χ0v) is 10.2. The first-order valence-electron chi connectivity index (χ1n) is 5.50. The van der Waals surface area contributed by atoms with E-state index in [4.69, 9.17) is 9.84 Å². The average Bonchev–Trinajstić information content (AvgIpc) is 2.38. The summed E-state index contributed by atoms with van der Waals surface area (Å²) in [5, 5.41) is 27.2. The highest BCUT2D eigenvalue weighted by Gasteiger charge is 2.21. The standard InChI is InChI=1S/C13H12O7/c14-5-1-2-8-3-4-9(15)11(6-8)20-13(19)10(16)7-12(17)18/h1-6,10,15-16H,7H2,(H,17,18)/b2-1+. The molecule has 20 heavy (non-hydrogen) atoms. The van der Waals surface area contributed by atoms with Gasteiger partial charge in [-0.15, -0.1) is 0 Å². The molecule has 1 rings (SSSR count). The normalized spacial score (nSPS) is 12.1. The second kappa shape index (κ2) is 7.05. The van der Waals surface area contributed by atoms with Crippen LogP contribution in [0.2, 0.25) is 0 Å². The Bertz CT molecular complexity index is 548. The number of carbonyl (C=O) groups is 3. The number of phenols is 1. The molecule has 0 aliphatic carbocycles. The Morgan fingerprint density at radius 3 is 2.65 bits per heavy atom. The minimum absolute atomic E-state index is 0.243. The van der Waals surface area contributed by atoms with Crippen molar-refractivity contribution in [3.8, 4) is 11.5 Å². The zero-order chi connectivity index (χ0) is 15.1. The SMILES string of the molecule is O=C/C=C/c1ccc(O)c(OC(=O)C(O)CC(=O)O)c1. The predicted molar refractivity (Wildman–Crippen MR) is 67.1 cm³/mol. The third-order valence-electron chi connectivity index (χ3n) is 2.20. The van der Waals surface area contributed by atoms with E-state index in [2.05, 4.69) is 0 Å². The number of esters is 1. The van der Waals surface area contributed by atoms with Crippen LogP contribution in [0.25, 0.3) is 6.08 Å². The van der Waals surface area contributed by atoms with Gasteiger partial charge in [-0.3, -0.25) is 9.59 Å². The first-order valence-corrected chi connectivity index (χ1v) is 5.50. The third kappa shape index (κ3) is 4.54. The van der Waals surface area contributed by atoms with E-state index < -0.39 is 24.5 Å². The van der Waals surface area contributed by atoms with E-state index in [1.165, 1.54) is 30.4 Å². The van der Waals surface area contributed by atoms with E-state index in [0.717, 1.165) is 0 Å². The van der Waals surface area contributed by atoms with Crippen molar-refractivity contribution < 1.29 is 34.4 Å². The zero-order valence-electron chi connectivity index (χ0n) is 10.2. The summed E-state index contributed by atoms with van der Waals surface area (Å²) < 4.78 is 4.70. The maximum atomic E-state index is 11.4. The van der Waals surface area contributed by atoms with Crippen LogP contribution < -0.4 is 4.74 Å². The summed E-state index contributed by atoms with van der Waals surface area (Å²) in [7, 11) is 0. The Kier molecular flexibility index (Phi) is 5.42. The number of carboxylic acids is 1. The number of aliphatic hydroxyl groups is 1. The Balaban J connectivity index is 2.85. The summed E-state index contributed by atoms with van der Waals surface area (Å²) in [6, 6.07) is 3.97. The Hall–Kier alpha value is -2.67. The smallest absolute Gasteiger partial charge is 0.341 e. The number of hydrogen-bond donors (Lipinski definition) is 3. The lowest BCUT2D eigenvalue weighted by molar-refractivity contribution is -0.151. The molecule has 0 bridgehead atoms. The first kappa shape index (κ1) is 15.4. The second-order valence-corrected chi connectivity index (χ2v) is 3.76. The topological polar surface area (TPSA) is 121 Å². The molecule has 0 spiro atoms. The molecule has 1 unspecified atom stereocenters. The molecule has 0 aromatic heterocycles. The molecule has 106 valence electrons. The lowest BCUT2D eigenvalue weighted by atomic mass is 10.2. The number of aliphatic hydroxyl groups excluding tert-OH is 1. The fourth-order valence-corrected chi connectivity index (χ4v) is 1.29. The molecule has 0 saturated heterocycles. The van der Waals surface area contributed by atoms with Gasteiger partial charge in [0.2, 0.25) is 0 Å². The molecule has 0 heterocycles. The molecule has 0 saturated carbocycles. The van der Waals surface area contributed by atoms with Crippen molar-refractivity contribution in [3.63, 3.8) is 0 Å². The van der Waals surface area contributed by atoms with Crippen molar-refractivity contribution in [2.75, 3.05) is 0 Å². The fourth-order valence-electron chi connectivity index (χ4n) is 1.29. The van der Waals surface area contributed by atoms with Crippen LogP contribution in [-0.2, 0) is 14.4 Å². The maximum absolute atomic E-state index is 11.4. The molecule has 1 aromatic rings. The summed E-state index contributed by atoms with van der Waals surface area (Å²) in [5.74, 6) is -3.16. The van der Waals surface area contributed by atoms with Crippen LogP contribution in [-0.4, -0.2) is 39.6 Å². The van der Waals surface area contributed by atoms with Crippen molar-refractivity contribution in [3.05, 3.63) is 29.8 Å². The van der Waals surface area contributed by atoms with Gasteiger partial charge < -0.3 is 20.1 Å². The molecule has 7 nitrogen and oxygen atoms in total. The van der Waals surface area contributed by atoms with Gasteiger partial charge in [0.25, 0.3) is 0 Å². The number of benzene rings is 1. The highest BCUT2D eigenvalue weighted by molar-refractivity contribution is 5.83. The molecule has 0 radical (unpaired) electrons. The molecule has 1 atom stereocenters. The molecular formula is C13H12O7. The summed E-state index contributed by atoms with van der Waals surface area (Å²) in [6.45, 7) is 0. The van der Waals surface area contributed by atoms with Gasteiger partial charge in [-0.2, -0.15) is 0 Å². The summed E-state index contributed by atoms with van der Waals surface area (Å²) >= 11 is 0. The number of phenolic OH excluding ortho intramolecular Hbond substituents is 1. The third-order valence-corrected chi connectivity index (χ3v) is 2.20.